The summed E-state index contributed by atoms with van der Waals surface area (Å²) in [6.45, 7) is 7.10. The van der Waals surface area contributed by atoms with Gasteiger partial charge in [0.05, 0.1) is 18.6 Å². The predicted molar refractivity (Wildman–Crippen MR) is 112 cm³/mol. The number of nitrogens with one attached hydrogen (secondary N) is 2. The molecule has 0 saturated carbocycles. The van der Waals surface area contributed by atoms with E-state index in [0.29, 0.717) is 18.8 Å². The molecule has 0 radical (unpaired) electrons. The number of benzene rings is 1. The normalized spacial score (nSPS) is 11.8. The highest BCUT2D eigenvalue weighted by Gasteiger charge is 2.20. The maximum atomic E-state index is 12.4. The van der Waals surface area contributed by atoms with Gasteiger partial charge in [-0.3, -0.25) is 4.68 Å². The zero-order valence-corrected chi connectivity index (χ0v) is 17.1. The van der Waals surface area contributed by atoms with E-state index < -0.39 is 0 Å². The van der Waals surface area contributed by atoms with Crippen molar-refractivity contribution >= 4 is 11.7 Å². The molecule has 0 aliphatic heterocycles. The van der Waals surface area contributed by atoms with Gasteiger partial charge in [-0.25, -0.2) is 4.79 Å². The fraction of sp³-hybridized carbons (Fsp3) is 0.364. The molecule has 2 amide bonds. The first-order valence-corrected chi connectivity index (χ1v) is 9.90. The van der Waals surface area contributed by atoms with Gasteiger partial charge in [0.2, 0.25) is 0 Å². The van der Waals surface area contributed by atoms with Gasteiger partial charge in [0, 0.05) is 17.9 Å². The number of anilines is 1. The molecule has 0 aliphatic carbocycles. The predicted octanol–water partition coefficient (Wildman–Crippen LogP) is 4.68. The molecule has 7 nitrogen and oxygen atoms in total. The summed E-state index contributed by atoms with van der Waals surface area (Å²) < 4.78 is 13.1. The Bertz CT molecular complexity index is 901. The second-order valence-electron chi connectivity index (χ2n) is 6.96. The Morgan fingerprint density at radius 2 is 2.03 bits per heavy atom. The molecule has 1 aromatic carbocycles. The van der Waals surface area contributed by atoms with E-state index in [0.717, 1.165) is 35.7 Å². The van der Waals surface area contributed by atoms with Crippen molar-refractivity contribution in [1.82, 2.24) is 15.1 Å². The average molecular weight is 396 g/mol. The van der Waals surface area contributed by atoms with Crippen LogP contribution in [-0.2, 0) is 0 Å². The van der Waals surface area contributed by atoms with E-state index >= 15 is 0 Å². The van der Waals surface area contributed by atoms with Crippen LogP contribution >= 0.6 is 0 Å². The molecule has 29 heavy (non-hydrogen) atoms. The first-order valence-electron chi connectivity index (χ1n) is 9.90. The van der Waals surface area contributed by atoms with Crippen LogP contribution in [0.1, 0.15) is 43.0 Å². The van der Waals surface area contributed by atoms with Crippen molar-refractivity contribution in [3.63, 3.8) is 0 Å². The lowest BCUT2D eigenvalue weighted by molar-refractivity contribution is 0.249. The van der Waals surface area contributed by atoms with E-state index in [2.05, 4.69) is 22.7 Å². The van der Waals surface area contributed by atoms with Crippen molar-refractivity contribution in [2.75, 3.05) is 18.5 Å². The van der Waals surface area contributed by atoms with Crippen molar-refractivity contribution in [2.45, 2.75) is 39.7 Å². The Balaban J connectivity index is 1.58. The second-order valence-corrected chi connectivity index (χ2v) is 6.96. The first-order chi connectivity index (χ1) is 14.1. The molecule has 7 heteroatoms. The van der Waals surface area contributed by atoms with Crippen molar-refractivity contribution in [1.29, 1.82) is 0 Å². The Morgan fingerprint density at radius 1 is 1.24 bits per heavy atom. The highest BCUT2D eigenvalue weighted by Crippen LogP contribution is 2.20. The number of urea groups is 1. The molecule has 0 spiro atoms. The highest BCUT2D eigenvalue weighted by atomic mass is 16.5. The van der Waals surface area contributed by atoms with E-state index in [1.165, 1.54) is 0 Å². The van der Waals surface area contributed by atoms with E-state index in [1.54, 1.807) is 6.26 Å². The molecule has 0 aliphatic rings. The zero-order valence-electron chi connectivity index (χ0n) is 17.1. The van der Waals surface area contributed by atoms with Gasteiger partial charge in [0.25, 0.3) is 0 Å². The first kappa shape index (κ1) is 20.5. The van der Waals surface area contributed by atoms with Crippen LogP contribution in [0.5, 0.6) is 5.75 Å². The van der Waals surface area contributed by atoms with Crippen LogP contribution in [0.15, 0.2) is 53.1 Å². The standard InChI is InChI=1S/C22H28N4O3/c1-4-5-12-28-19-10-8-18(9-11-19)24-22(27)23-15-20(21-7-6-13-29-21)26-17(3)14-16(2)25-26/h6-11,13-14,20H,4-5,12,15H2,1-3H3,(H2,23,24,27). The Kier molecular flexibility index (Phi) is 6.94. The van der Waals surface area contributed by atoms with Crippen molar-refractivity contribution in [3.8, 4) is 5.75 Å². The van der Waals surface area contributed by atoms with E-state index in [-0.39, 0.29) is 12.1 Å². The van der Waals surface area contributed by atoms with Crippen LogP contribution in [0, 0.1) is 13.8 Å². The maximum Gasteiger partial charge on any atom is 0.319 e. The van der Waals surface area contributed by atoms with Crippen LogP contribution in [0.3, 0.4) is 0 Å². The molecule has 3 rings (SSSR count). The van der Waals surface area contributed by atoms with Gasteiger partial charge in [0.15, 0.2) is 0 Å². The third-order valence-electron chi connectivity index (χ3n) is 4.55. The molecule has 0 fully saturated rings. The average Bonchev–Trinajstić information content (AvgIpc) is 3.34. The Hall–Kier alpha value is -3.22. The summed E-state index contributed by atoms with van der Waals surface area (Å²) in [5.74, 6) is 1.54. The molecular formula is C22H28N4O3. The van der Waals surface area contributed by atoms with Crippen molar-refractivity contribution in [2.24, 2.45) is 0 Å². The number of aromatic nitrogens is 2. The number of furan rings is 1. The number of rotatable bonds is 9. The summed E-state index contributed by atoms with van der Waals surface area (Å²) in [5, 5.41) is 10.3. The van der Waals surface area contributed by atoms with Gasteiger partial charge in [-0.05, 0) is 62.7 Å². The number of carbonyl (C=O) groups is 1. The monoisotopic (exact) mass is 396 g/mol. The molecule has 154 valence electrons. The summed E-state index contributed by atoms with van der Waals surface area (Å²) in [6.07, 6.45) is 3.74. The minimum Gasteiger partial charge on any atom is -0.494 e. The molecule has 3 aromatic rings. The lowest BCUT2D eigenvalue weighted by atomic mass is 10.2. The van der Waals surface area contributed by atoms with Crippen molar-refractivity contribution < 1.29 is 13.9 Å². The van der Waals surface area contributed by atoms with Gasteiger partial charge in [-0.15, -0.1) is 0 Å². The smallest absolute Gasteiger partial charge is 0.319 e. The number of nitrogens with zero attached hydrogens (tertiary/aromatic N) is 2. The molecule has 0 saturated heterocycles. The van der Waals surface area contributed by atoms with Gasteiger partial charge < -0.3 is 19.8 Å². The third kappa shape index (κ3) is 5.63. The molecule has 2 aromatic heterocycles. The molecule has 0 bridgehead atoms. The molecule has 2 heterocycles. The number of hydrogen-bond donors (Lipinski definition) is 2. The summed E-state index contributed by atoms with van der Waals surface area (Å²) in [6, 6.07) is 12.6. The van der Waals surface area contributed by atoms with Crippen LogP contribution in [0.4, 0.5) is 10.5 Å². The number of hydrogen-bond acceptors (Lipinski definition) is 4. The number of aryl methyl sites for hydroxylation is 2. The Labute approximate surface area is 171 Å². The molecule has 2 N–H and O–H groups in total. The molecule has 1 unspecified atom stereocenters. The highest BCUT2D eigenvalue weighted by molar-refractivity contribution is 5.89. The minimum absolute atomic E-state index is 0.223. The Morgan fingerprint density at radius 3 is 2.66 bits per heavy atom. The SMILES string of the molecule is CCCCOc1ccc(NC(=O)NCC(c2ccco2)n2nc(C)cc2C)cc1. The summed E-state index contributed by atoms with van der Waals surface area (Å²) >= 11 is 0. The fourth-order valence-corrected chi connectivity index (χ4v) is 3.08. The summed E-state index contributed by atoms with van der Waals surface area (Å²) in [5.41, 5.74) is 2.63. The molecule has 1 atom stereocenters. The number of ether oxygens (including phenoxy) is 1. The van der Waals surface area contributed by atoms with Crippen molar-refractivity contribution in [3.05, 3.63) is 65.9 Å². The second kappa shape index (κ2) is 9.82. The number of unbranched alkanes of at least 4 members (excludes halogenated alkanes) is 1. The zero-order chi connectivity index (χ0) is 20.6. The van der Waals surface area contributed by atoms with Crippen LogP contribution in [-0.4, -0.2) is 29.0 Å². The lowest BCUT2D eigenvalue weighted by Gasteiger charge is -2.18. The maximum absolute atomic E-state index is 12.4. The van der Waals surface area contributed by atoms with E-state index in [1.807, 2.05) is 61.0 Å². The van der Waals surface area contributed by atoms with Gasteiger partial charge in [-0.2, -0.15) is 5.10 Å². The number of carbonyl (C=O) groups excluding carboxylic acids is 1. The van der Waals surface area contributed by atoms with Gasteiger partial charge in [0.1, 0.15) is 17.6 Å². The van der Waals surface area contributed by atoms with Crippen LogP contribution < -0.4 is 15.4 Å². The van der Waals surface area contributed by atoms with Crippen LogP contribution in [0.25, 0.3) is 0 Å². The quantitative estimate of drug-likeness (QED) is 0.515. The van der Waals surface area contributed by atoms with Gasteiger partial charge >= 0.3 is 6.03 Å². The van der Waals surface area contributed by atoms with Gasteiger partial charge in [-0.1, -0.05) is 13.3 Å². The van der Waals surface area contributed by atoms with E-state index in [9.17, 15) is 4.79 Å². The summed E-state index contributed by atoms with van der Waals surface area (Å²) in [7, 11) is 0. The topological polar surface area (TPSA) is 81.3 Å². The van der Waals surface area contributed by atoms with Crippen LogP contribution in [0.2, 0.25) is 0 Å². The number of amides is 2. The fourth-order valence-electron chi connectivity index (χ4n) is 3.08. The third-order valence-corrected chi connectivity index (χ3v) is 4.55. The van der Waals surface area contributed by atoms with E-state index in [4.69, 9.17) is 9.15 Å². The lowest BCUT2D eigenvalue weighted by Crippen LogP contribution is -2.35. The minimum atomic E-state index is -0.289. The summed E-state index contributed by atoms with van der Waals surface area (Å²) in [4.78, 5) is 12.4. The largest absolute Gasteiger partial charge is 0.494 e. The molecular weight excluding hydrogens is 368 g/mol.